The molecule has 7 nitrogen and oxygen atoms in total. The minimum absolute atomic E-state index is 0.0655. The van der Waals surface area contributed by atoms with Crippen molar-refractivity contribution in [2.75, 3.05) is 5.32 Å². The van der Waals surface area contributed by atoms with Crippen molar-refractivity contribution in [1.29, 1.82) is 0 Å². The Bertz CT molecular complexity index is 1360. The standard InChI is InChI=1S/C24H21F2N5O2/c1-14-12-27-30(13-17-11-18(25)9-10-20(17)26)23(14)28-24(33)22(32)21-15(2)29-31(16(21)3)19-7-5-4-6-8-19/h4-12H,13H2,1-3H3,(H,28,33). The Balaban J connectivity index is 1.60. The zero-order valence-corrected chi connectivity index (χ0v) is 18.3. The maximum Gasteiger partial charge on any atom is 0.298 e. The Hall–Kier alpha value is -4.14. The highest BCUT2D eigenvalue weighted by molar-refractivity contribution is 6.47. The van der Waals surface area contributed by atoms with E-state index in [4.69, 9.17) is 0 Å². The number of halogens is 2. The van der Waals surface area contributed by atoms with Crippen LogP contribution in [0.25, 0.3) is 5.69 Å². The molecule has 33 heavy (non-hydrogen) atoms. The molecule has 1 amide bonds. The first-order valence-corrected chi connectivity index (χ1v) is 10.2. The Labute approximate surface area is 188 Å². The quantitative estimate of drug-likeness (QED) is 0.354. The van der Waals surface area contributed by atoms with Gasteiger partial charge in [0.2, 0.25) is 0 Å². The van der Waals surface area contributed by atoms with Crippen LogP contribution in [-0.2, 0) is 11.3 Å². The number of amides is 1. The number of carbonyl (C=O) groups excluding carboxylic acids is 2. The fraction of sp³-hybridized carbons (Fsp3) is 0.167. The molecule has 0 fully saturated rings. The van der Waals surface area contributed by atoms with Gasteiger partial charge in [-0.15, -0.1) is 0 Å². The number of anilines is 1. The molecule has 168 valence electrons. The van der Waals surface area contributed by atoms with Gasteiger partial charge in [-0.05, 0) is 51.1 Å². The highest BCUT2D eigenvalue weighted by atomic mass is 19.1. The highest BCUT2D eigenvalue weighted by Crippen LogP contribution is 2.21. The van der Waals surface area contributed by atoms with E-state index in [1.54, 1.807) is 25.5 Å². The molecule has 0 aliphatic rings. The molecule has 0 bridgehead atoms. The van der Waals surface area contributed by atoms with E-state index in [9.17, 15) is 18.4 Å². The maximum absolute atomic E-state index is 14.1. The number of para-hydroxylation sites is 1. The Kier molecular flexibility index (Phi) is 5.87. The molecule has 0 radical (unpaired) electrons. The summed E-state index contributed by atoms with van der Waals surface area (Å²) in [4.78, 5) is 25.9. The summed E-state index contributed by atoms with van der Waals surface area (Å²) in [5, 5.41) is 11.1. The van der Waals surface area contributed by atoms with E-state index in [1.807, 2.05) is 30.3 Å². The molecule has 0 aliphatic carbocycles. The Morgan fingerprint density at radius 3 is 2.48 bits per heavy atom. The highest BCUT2D eigenvalue weighted by Gasteiger charge is 2.26. The molecule has 0 spiro atoms. The fourth-order valence-electron chi connectivity index (χ4n) is 3.66. The van der Waals surface area contributed by atoms with Crippen molar-refractivity contribution in [1.82, 2.24) is 19.6 Å². The second kappa shape index (κ2) is 8.78. The summed E-state index contributed by atoms with van der Waals surface area (Å²) in [6.07, 6.45) is 1.47. The van der Waals surface area contributed by atoms with Crippen LogP contribution in [0.4, 0.5) is 14.6 Å². The summed E-state index contributed by atoms with van der Waals surface area (Å²) < 4.78 is 30.5. The lowest BCUT2D eigenvalue weighted by Gasteiger charge is -2.11. The minimum Gasteiger partial charge on any atom is -0.304 e. The second-order valence-electron chi connectivity index (χ2n) is 7.65. The lowest BCUT2D eigenvalue weighted by atomic mass is 10.1. The molecule has 2 aromatic heterocycles. The van der Waals surface area contributed by atoms with E-state index in [0.29, 0.717) is 17.0 Å². The zero-order valence-electron chi connectivity index (χ0n) is 18.3. The molecule has 0 aliphatic heterocycles. The molecule has 4 aromatic rings. The average Bonchev–Trinajstić information content (AvgIpc) is 3.29. The number of ketones is 1. The van der Waals surface area contributed by atoms with E-state index in [1.165, 1.54) is 10.9 Å². The topological polar surface area (TPSA) is 81.8 Å². The van der Waals surface area contributed by atoms with Crippen molar-refractivity contribution < 1.29 is 18.4 Å². The number of Topliss-reactive ketones (excluding diaryl/α,β-unsaturated/α-hetero) is 1. The van der Waals surface area contributed by atoms with Gasteiger partial charge < -0.3 is 5.32 Å². The van der Waals surface area contributed by atoms with Gasteiger partial charge in [-0.2, -0.15) is 10.2 Å². The van der Waals surface area contributed by atoms with Gasteiger partial charge in [0.15, 0.2) is 0 Å². The monoisotopic (exact) mass is 449 g/mol. The number of hydrogen-bond acceptors (Lipinski definition) is 4. The molecular formula is C24H21F2N5O2. The van der Waals surface area contributed by atoms with Crippen molar-refractivity contribution in [3.63, 3.8) is 0 Å². The number of rotatable bonds is 6. The van der Waals surface area contributed by atoms with Crippen molar-refractivity contribution in [3.8, 4) is 5.69 Å². The molecule has 4 rings (SSSR count). The van der Waals surface area contributed by atoms with Crippen LogP contribution in [0.2, 0.25) is 0 Å². The SMILES string of the molecule is Cc1cnn(Cc2cc(F)ccc2F)c1NC(=O)C(=O)c1c(C)nn(-c2ccccc2)c1C. The van der Waals surface area contributed by atoms with Gasteiger partial charge in [0.05, 0.1) is 35.4 Å². The van der Waals surface area contributed by atoms with Gasteiger partial charge in [-0.25, -0.2) is 18.1 Å². The van der Waals surface area contributed by atoms with Crippen LogP contribution < -0.4 is 5.32 Å². The number of nitrogens with zero attached hydrogens (tertiary/aromatic N) is 4. The van der Waals surface area contributed by atoms with Gasteiger partial charge in [0, 0.05) is 11.1 Å². The van der Waals surface area contributed by atoms with Gasteiger partial charge in [-0.3, -0.25) is 9.59 Å². The molecule has 1 N–H and O–H groups in total. The summed E-state index contributed by atoms with van der Waals surface area (Å²) >= 11 is 0. The van der Waals surface area contributed by atoms with Gasteiger partial charge in [0.25, 0.3) is 11.7 Å². The molecule has 0 saturated carbocycles. The van der Waals surface area contributed by atoms with Crippen molar-refractivity contribution in [2.24, 2.45) is 0 Å². The lowest BCUT2D eigenvalue weighted by Crippen LogP contribution is -2.26. The molecule has 0 saturated heterocycles. The smallest absolute Gasteiger partial charge is 0.298 e. The van der Waals surface area contributed by atoms with Crippen LogP contribution >= 0.6 is 0 Å². The zero-order chi connectivity index (χ0) is 23.7. The second-order valence-corrected chi connectivity index (χ2v) is 7.65. The van der Waals surface area contributed by atoms with Crippen LogP contribution in [0.3, 0.4) is 0 Å². The molecule has 0 unspecified atom stereocenters. The lowest BCUT2D eigenvalue weighted by molar-refractivity contribution is -0.112. The molecule has 9 heteroatoms. The Morgan fingerprint density at radius 2 is 1.76 bits per heavy atom. The summed E-state index contributed by atoms with van der Waals surface area (Å²) in [6, 6.07) is 12.4. The third-order valence-electron chi connectivity index (χ3n) is 5.31. The predicted molar refractivity (Wildman–Crippen MR) is 118 cm³/mol. The molecule has 2 aromatic carbocycles. The summed E-state index contributed by atoms with van der Waals surface area (Å²) in [5.41, 5.74) is 2.56. The van der Waals surface area contributed by atoms with Crippen LogP contribution in [0.15, 0.2) is 54.7 Å². The minimum atomic E-state index is -0.877. The molecular weight excluding hydrogens is 428 g/mol. The van der Waals surface area contributed by atoms with Crippen LogP contribution in [0, 0.1) is 32.4 Å². The van der Waals surface area contributed by atoms with Crippen molar-refractivity contribution >= 4 is 17.5 Å². The van der Waals surface area contributed by atoms with Gasteiger partial charge in [0.1, 0.15) is 17.5 Å². The van der Waals surface area contributed by atoms with Gasteiger partial charge >= 0.3 is 0 Å². The fourth-order valence-corrected chi connectivity index (χ4v) is 3.66. The average molecular weight is 449 g/mol. The van der Waals surface area contributed by atoms with Crippen LogP contribution in [-0.4, -0.2) is 31.3 Å². The number of benzene rings is 2. The summed E-state index contributed by atoms with van der Waals surface area (Å²) in [5.74, 6) is -2.59. The number of aromatic nitrogens is 4. The normalized spacial score (nSPS) is 10.9. The number of carbonyl (C=O) groups is 2. The molecule has 2 heterocycles. The van der Waals surface area contributed by atoms with Gasteiger partial charge in [-0.1, -0.05) is 18.2 Å². The number of nitrogens with one attached hydrogen (secondary N) is 1. The van der Waals surface area contributed by atoms with E-state index >= 15 is 0 Å². The molecule has 0 atom stereocenters. The van der Waals surface area contributed by atoms with E-state index in [2.05, 4.69) is 15.5 Å². The first-order chi connectivity index (χ1) is 15.8. The third kappa shape index (κ3) is 4.30. The number of hydrogen-bond donors (Lipinski definition) is 1. The predicted octanol–water partition coefficient (Wildman–Crippen LogP) is 4.14. The first kappa shape index (κ1) is 22.1. The van der Waals surface area contributed by atoms with Crippen molar-refractivity contribution in [3.05, 3.63) is 94.4 Å². The first-order valence-electron chi connectivity index (χ1n) is 10.2. The van der Waals surface area contributed by atoms with Crippen molar-refractivity contribution in [2.45, 2.75) is 27.3 Å². The van der Waals surface area contributed by atoms with Crippen LogP contribution in [0.5, 0.6) is 0 Å². The largest absolute Gasteiger partial charge is 0.304 e. The summed E-state index contributed by atoms with van der Waals surface area (Å²) in [7, 11) is 0. The summed E-state index contributed by atoms with van der Waals surface area (Å²) in [6.45, 7) is 4.95. The Morgan fingerprint density at radius 1 is 1.03 bits per heavy atom. The number of aryl methyl sites for hydroxylation is 2. The van der Waals surface area contributed by atoms with E-state index in [0.717, 1.165) is 23.9 Å². The third-order valence-corrected chi connectivity index (χ3v) is 5.31. The van der Waals surface area contributed by atoms with E-state index in [-0.39, 0.29) is 23.5 Å². The van der Waals surface area contributed by atoms with Crippen LogP contribution in [0.1, 0.15) is 32.9 Å². The van der Waals surface area contributed by atoms with E-state index < -0.39 is 23.3 Å². The maximum atomic E-state index is 14.1.